The predicted octanol–water partition coefficient (Wildman–Crippen LogP) is 10.9. The number of aromatic nitrogens is 2. The van der Waals surface area contributed by atoms with E-state index < -0.39 is 0 Å². The van der Waals surface area contributed by atoms with E-state index in [0.717, 1.165) is 52.7 Å². The van der Waals surface area contributed by atoms with Gasteiger partial charge in [0.2, 0.25) is 0 Å². The van der Waals surface area contributed by atoms with Crippen LogP contribution in [0.25, 0.3) is 21.5 Å². The Morgan fingerprint density at radius 1 is 0.636 bits per heavy atom. The van der Waals surface area contributed by atoms with Crippen molar-refractivity contribution >= 4 is 77.5 Å². The van der Waals surface area contributed by atoms with Crippen molar-refractivity contribution in [1.29, 1.82) is 0 Å². The maximum absolute atomic E-state index is 5.75. The Balaban J connectivity index is 0.000000186. The predicted molar refractivity (Wildman–Crippen MR) is 193 cm³/mol. The van der Waals surface area contributed by atoms with Gasteiger partial charge < -0.3 is 10.6 Å². The summed E-state index contributed by atoms with van der Waals surface area (Å²) < 4.78 is 0. The van der Waals surface area contributed by atoms with Gasteiger partial charge in [-0.1, -0.05) is 100 Å². The van der Waals surface area contributed by atoms with Crippen molar-refractivity contribution < 1.29 is 0 Å². The number of hydrogen-bond donors (Lipinski definition) is 2. The van der Waals surface area contributed by atoms with Crippen LogP contribution in [0, 0.1) is 11.8 Å². The van der Waals surface area contributed by atoms with Gasteiger partial charge in [0.1, 0.15) is 0 Å². The van der Waals surface area contributed by atoms with Crippen molar-refractivity contribution in [3.05, 3.63) is 107 Å². The molecular formula is C36H40ClN5S2. The zero-order valence-electron chi connectivity index (χ0n) is 25.8. The van der Waals surface area contributed by atoms with Crippen LogP contribution in [0.5, 0.6) is 0 Å². The van der Waals surface area contributed by atoms with Gasteiger partial charge in [0.05, 0.1) is 17.3 Å². The third-order valence-electron chi connectivity index (χ3n) is 6.94. The molecular weight excluding hydrogens is 602 g/mol. The van der Waals surface area contributed by atoms with Crippen LogP contribution >= 0.6 is 34.3 Å². The lowest BCUT2D eigenvalue weighted by molar-refractivity contribution is 0.209. The topological polar surface area (TPSA) is 53.1 Å². The molecule has 0 saturated heterocycles. The Labute approximate surface area is 274 Å². The van der Waals surface area contributed by atoms with Crippen molar-refractivity contribution in [3.63, 3.8) is 0 Å². The number of benzene rings is 4. The fourth-order valence-electron chi connectivity index (χ4n) is 5.23. The molecule has 2 aromatic heterocycles. The molecule has 44 heavy (non-hydrogen) atoms. The number of fused-ring (bicyclic) bond motifs is 2. The third kappa shape index (κ3) is 8.79. The van der Waals surface area contributed by atoms with E-state index in [0.29, 0.717) is 17.7 Å². The highest BCUT2D eigenvalue weighted by molar-refractivity contribution is 7.14. The van der Waals surface area contributed by atoms with Gasteiger partial charge in [0.25, 0.3) is 0 Å². The van der Waals surface area contributed by atoms with E-state index in [1.165, 1.54) is 21.5 Å². The molecule has 2 N–H and O–H groups in total. The molecule has 0 fully saturated rings. The van der Waals surface area contributed by atoms with Gasteiger partial charge in [0, 0.05) is 52.5 Å². The lowest BCUT2D eigenvalue weighted by atomic mass is 10.1. The molecule has 0 radical (unpaired) electrons. The molecule has 6 rings (SSSR count). The van der Waals surface area contributed by atoms with Gasteiger partial charge in [0.15, 0.2) is 10.3 Å². The Morgan fingerprint density at radius 3 is 1.57 bits per heavy atom. The lowest BCUT2D eigenvalue weighted by Gasteiger charge is -2.25. The summed E-state index contributed by atoms with van der Waals surface area (Å²) in [6, 6.07) is 29.3. The fraction of sp³-hybridized carbons (Fsp3) is 0.278. The second-order valence-electron chi connectivity index (χ2n) is 11.7. The summed E-state index contributed by atoms with van der Waals surface area (Å²) in [4.78, 5) is 11.8. The minimum atomic E-state index is 0.452. The highest BCUT2D eigenvalue weighted by atomic mass is 35.5. The Kier molecular flexibility index (Phi) is 11.2. The first kappa shape index (κ1) is 31.9. The number of rotatable bonds is 11. The fourth-order valence-corrected chi connectivity index (χ4v) is 6.89. The quantitative estimate of drug-likeness (QED) is 0.138. The van der Waals surface area contributed by atoms with E-state index in [-0.39, 0.29) is 0 Å². The largest absolute Gasteiger partial charge is 0.331 e. The van der Waals surface area contributed by atoms with E-state index in [2.05, 4.69) is 120 Å². The standard InChI is InChI=1S/C22H29N3S.C14H11ClN2S/c1-16(2)12-25(13-17(3)4)14-19-15-26-22(23-19)24-21-11-7-9-18-8-5-6-10-20(18)21;15-8-11-9-18-14(16-11)17-13-7-3-5-10-4-1-2-6-12(10)13/h5-11,15-17H,12-14H2,1-4H3,(H,23,24);1-7,9H,8H2,(H,16,17). The van der Waals surface area contributed by atoms with Crippen LogP contribution in [-0.4, -0.2) is 28.0 Å². The summed E-state index contributed by atoms with van der Waals surface area (Å²) >= 11 is 9.01. The van der Waals surface area contributed by atoms with Crippen molar-refractivity contribution in [1.82, 2.24) is 14.9 Å². The van der Waals surface area contributed by atoms with Gasteiger partial charge >= 0.3 is 0 Å². The molecule has 0 bridgehead atoms. The number of nitrogens with one attached hydrogen (secondary N) is 2. The Hall–Kier alpha value is -3.49. The van der Waals surface area contributed by atoms with Crippen LogP contribution in [0.15, 0.2) is 95.7 Å². The molecule has 4 aromatic carbocycles. The number of alkyl halides is 1. The zero-order valence-corrected chi connectivity index (χ0v) is 28.1. The molecule has 8 heteroatoms. The van der Waals surface area contributed by atoms with Crippen LogP contribution in [0.2, 0.25) is 0 Å². The number of anilines is 4. The molecule has 0 aliphatic heterocycles. The molecule has 0 spiro atoms. The number of nitrogens with zero attached hydrogens (tertiary/aromatic N) is 3. The van der Waals surface area contributed by atoms with E-state index >= 15 is 0 Å². The van der Waals surface area contributed by atoms with Crippen molar-refractivity contribution in [2.45, 2.75) is 40.1 Å². The number of halogens is 1. The monoisotopic (exact) mass is 641 g/mol. The first-order chi connectivity index (χ1) is 21.4. The summed E-state index contributed by atoms with van der Waals surface area (Å²) in [6.45, 7) is 12.3. The molecule has 0 saturated carbocycles. The highest BCUT2D eigenvalue weighted by Gasteiger charge is 2.13. The van der Waals surface area contributed by atoms with Crippen molar-refractivity contribution in [2.75, 3.05) is 23.7 Å². The van der Waals surface area contributed by atoms with E-state index in [4.69, 9.17) is 16.6 Å². The normalized spacial score (nSPS) is 11.4. The molecule has 5 nitrogen and oxygen atoms in total. The smallest absolute Gasteiger partial charge is 0.187 e. The second-order valence-corrected chi connectivity index (χ2v) is 13.7. The number of hydrogen-bond acceptors (Lipinski definition) is 7. The molecule has 228 valence electrons. The first-order valence-corrected chi connectivity index (χ1v) is 17.3. The maximum atomic E-state index is 5.75. The van der Waals surface area contributed by atoms with E-state index in [1.54, 1.807) is 22.7 Å². The van der Waals surface area contributed by atoms with Gasteiger partial charge in [-0.3, -0.25) is 4.90 Å². The van der Waals surface area contributed by atoms with Gasteiger partial charge in [-0.2, -0.15) is 0 Å². The van der Waals surface area contributed by atoms with Crippen molar-refractivity contribution in [2.24, 2.45) is 11.8 Å². The zero-order chi connectivity index (χ0) is 30.9. The number of thiazole rings is 2. The summed E-state index contributed by atoms with van der Waals surface area (Å²) in [7, 11) is 0. The minimum Gasteiger partial charge on any atom is -0.331 e. The summed E-state index contributed by atoms with van der Waals surface area (Å²) in [5, 5.41) is 17.7. The maximum Gasteiger partial charge on any atom is 0.187 e. The molecule has 0 atom stereocenters. The Morgan fingerprint density at radius 2 is 1.09 bits per heavy atom. The van der Waals surface area contributed by atoms with Crippen LogP contribution in [0.4, 0.5) is 21.6 Å². The van der Waals surface area contributed by atoms with Crippen LogP contribution in [0.3, 0.4) is 0 Å². The second kappa shape index (κ2) is 15.5. The molecule has 0 amide bonds. The van der Waals surface area contributed by atoms with Gasteiger partial charge in [-0.05, 0) is 34.7 Å². The van der Waals surface area contributed by atoms with Crippen LogP contribution in [0.1, 0.15) is 39.1 Å². The third-order valence-corrected chi connectivity index (χ3v) is 8.82. The van der Waals surface area contributed by atoms with E-state index in [1.807, 2.05) is 23.6 Å². The van der Waals surface area contributed by atoms with Crippen LogP contribution < -0.4 is 10.6 Å². The van der Waals surface area contributed by atoms with Crippen LogP contribution in [-0.2, 0) is 12.4 Å². The summed E-state index contributed by atoms with van der Waals surface area (Å²) in [5.74, 6) is 1.79. The summed E-state index contributed by atoms with van der Waals surface area (Å²) in [5.41, 5.74) is 4.25. The highest BCUT2D eigenvalue weighted by Crippen LogP contribution is 2.29. The molecule has 2 heterocycles. The molecule has 0 aliphatic carbocycles. The molecule has 0 unspecified atom stereocenters. The minimum absolute atomic E-state index is 0.452. The SMILES string of the molecule is CC(C)CN(Cc1csc(Nc2cccc3ccccc23)n1)CC(C)C.ClCc1csc(Nc2cccc3ccccc23)n1. The average molecular weight is 642 g/mol. The molecule has 6 aromatic rings. The van der Waals surface area contributed by atoms with E-state index in [9.17, 15) is 0 Å². The Bertz CT molecular complexity index is 1760. The molecule has 0 aliphatic rings. The van der Waals surface area contributed by atoms with Gasteiger partial charge in [-0.25, -0.2) is 9.97 Å². The lowest BCUT2D eigenvalue weighted by Crippen LogP contribution is -2.31. The van der Waals surface area contributed by atoms with Crippen molar-refractivity contribution in [3.8, 4) is 0 Å². The summed E-state index contributed by atoms with van der Waals surface area (Å²) in [6.07, 6.45) is 0. The average Bonchev–Trinajstić information content (AvgIpc) is 3.66. The first-order valence-electron chi connectivity index (χ1n) is 15.0. The van der Waals surface area contributed by atoms with Gasteiger partial charge in [-0.15, -0.1) is 34.3 Å².